The van der Waals surface area contributed by atoms with Gasteiger partial charge in [0.05, 0.1) is 0 Å². The first-order valence-electron chi connectivity index (χ1n) is 3.60. The Hall–Kier alpha value is 1.02. The van der Waals surface area contributed by atoms with E-state index < -0.39 is 0 Å². The van der Waals surface area contributed by atoms with Crippen molar-refractivity contribution < 1.29 is 42.2 Å². The summed E-state index contributed by atoms with van der Waals surface area (Å²) in [5.41, 5.74) is 0. The minimum Gasteiger partial charge on any atom is -0.417 e. The van der Waals surface area contributed by atoms with Crippen LogP contribution < -0.4 is 0 Å². The first-order chi connectivity index (χ1) is 5.33. The molecule has 0 bridgehead atoms. The zero-order chi connectivity index (χ0) is 9.54. The third-order valence-electron chi connectivity index (χ3n) is 0.553. The van der Waals surface area contributed by atoms with Crippen LogP contribution in [-0.2, 0) is 42.2 Å². The molecule has 0 aromatic carbocycles. The molecule has 0 radical (unpaired) electrons. The Bertz CT molecular complexity index is 33.4. The molecule has 0 aliphatic rings. The number of ether oxygens (including phenoxy) is 2. The van der Waals surface area contributed by atoms with E-state index in [2.05, 4.69) is 30.2 Å². The third-order valence-corrected chi connectivity index (χ3v) is 0.553. The second-order valence-corrected chi connectivity index (χ2v) is 1.34. The summed E-state index contributed by atoms with van der Waals surface area (Å²) >= 11 is 0. The third kappa shape index (κ3) is 237. The summed E-state index contributed by atoms with van der Waals surface area (Å²) in [6, 6.07) is 0. The number of methoxy groups -OCH3 is 2. The SMILES string of the molecule is C.C.C.C.C.[CH2-]C.[CH2-]CCOC.[CH2-]COC.[Y+3]. The molecular weight excluding hydrogens is 289 g/mol. The minimum atomic E-state index is 0. The maximum Gasteiger partial charge on any atom is 3.00 e. The Morgan fingerprint density at radius 2 is 1.00 bits per heavy atom. The summed E-state index contributed by atoms with van der Waals surface area (Å²) in [4.78, 5) is 0. The summed E-state index contributed by atoms with van der Waals surface area (Å²) in [5.74, 6) is 0. The van der Waals surface area contributed by atoms with Crippen LogP contribution in [0.25, 0.3) is 0 Å². The van der Waals surface area contributed by atoms with Crippen molar-refractivity contribution in [2.45, 2.75) is 50.5 Å². The van der Waals surface area contributed by atoms with Gasteiger partial charge in [0, 0.05) is 20.8 Å². The molecule has 0 aromatic heterocycles. The zero-order valence-corrected chi connectivity index (χ0v) is 11.5. The van der Waals surface area contributed by atoms with Crippen molar-refractivity contribution in [3.8, 4) is 0 Å². The van der Waals surface area contributed by atoms with Crippen molar-refractivity contribution >= 4 is 0 Å². The Kier molecular flexibility index (Phi) is 455. The quantitative estimate of drug-likeness (QED) is 0.650. The van der Waals surface area contributed by atoms with Gasteiger partial charge in [0.15, 0.2) is 0 Å². The van der Waals surface area contributed by atoms with Crippen LogP contribution in [0.5, 0.6) is 0 Å². The summed E-state index contributed by atoms with van der Waals surface area (Å²) in [6.45, 7) is 13.3. The Morgan fingerprint density at radius 3 is 1.00 bits per heavy atom. The maximum absolute atomic E-state index is 4.63. The zero-order valence-electron chi connectivity index (χ0n) is 8.64. The summed E-state index contributed by atoms with van der Waals surface area (Å²) in [5, 5.41) is 0. The molecule has 17 heavy (non-hydrogen) atoms. The molecule has 0 unspecified atom stereocenters. The Balaban J connectivity index is -0.00000000721. The topological polar surface area (TPSA) is 18.5 Å². The van der Waals surface area contributed by atoms with Crippen molar-refractivity contribution in [2.75, 3.05) is 27.4 Å². The van der Waals surface area contributed by atoms with Gasteiger partial charge < -0.3 is 30.2 Å². The summed E-state index contributed by atoms with van der Waals surface area (Å²) in [7, 11) is 3.29. The molecule has 0 rings (SSSR count). The van der Waals surface area contributed by atoms with Gasteiger partial charge in [-0.3, -0.25) is 0 Å². The van der Waals surface area contributed by atoms with E-state index in [4.69, 9.17) is 0 Å². The van der Waals surface area contributed by atoms with Gasteiger partial charge in [0.25, 0.3) is 0 Å². The molecule has 0 saturated heterocycles. The molecule has 2 nitrogen and oxygen atoms in total. The second-order valence-electron chi connectivity index (χ2n) is 1.34. The summed E-state index contributed by atoms with van der Waals surface area (Å²) in [6.07, 6.45) is 0.872. The van der Waals surface area contributed by atoms with Gasteiger partial charge in [0.1, 0.15) is 0 Å². The molecule has 3 heteroatoms. The predicted octanol–water partition coefficient (Wildman–Crippen LogP) is 5.34. The van der Waals surface area contributed by atoms with Crippen LogP contribution in [0.4, 0.5) is 0 Å². The van der Waals surface area contributed by atoms with Gasteiger partial charge >= 0.3 is 32.7 Å². The van der Waals surface area contributed by atoms with Crippen molar-refractivity contribution in [3.05, 3.63) is 20.8 Å². The van der Waals surface area contributed by atoms with Gasteiger partial charge in [0.2, 0.25) is 0 Å². The fraction of sp³-hybridized carbons (Fsp3) is 0.786. The molecule has 0 spiro atoms. The van der Waals surface area contributed by atoms with Gasteiger partial charge in [-0.05, 0) is 0 Å². The van der Waals surface area contributed by atoms with Crippen molar-refractivity contribution in [1.82, 2.24) is 0 Å². The van der Waals surface area contributed by atoms with E-state index in [-0.39, 0.29) is 69.8 Å². The molecule has 0 amide bonds. The molecule has 112 valence electrons. The van der Waals surface area contributed by atoms with E-state index in [1.54, 1.807) is 21.1 Å². The molecule has 0 fully saturated rings. The van der Waals surface area contributed by atoms with E-state index >= 15 is 0 Å². The van der Waals surface area contributed by atoms with Gasteiger partial charge in [-0.1, -0.05) is 43.7 Å². The molecule has 0 saturated carbocycles. The predicted molar refractivity (Wildman–Crippen MR) is 83.8 cm³/mol. The smallest absolute Gasteiger partial charge is 0.417 e. The minimum absolute atomic E-state index is 0. The standard InChI is InChI=1S/C4H9O.C3H7O.C2H5.5CH4.Y/c1-3-4-5-2;1-3-4-2;1-2;;;;;;/h1,3-4H2,2H3;1,3H2,2H3;1H2,2H3;5*1H4;/q3*-1;;;;;;+3. The van der Waals surface area contributed by atoms with E-state index in [9.17, 15) is 0 Å². The molecular formula is C14H41O2Y. The molecule has 0 aliphatic heterocycles. The molecule has 0 N–H and O–H groups in total. The van der Waals surface area contributed by atoms with Gasteiger partial charge in [-0.2, -0.15) is 13.3 Å². The van der Waals surface area contributed by atoms with Crippen molar-refractivity contribution in [3.63, 3.8) is 0 Å². The number of hydrogen-bond donors (Lipinski definition) is 0. The average Bonchev–Trinajstić information content (AvgIpc) is 2.10. The molecule has 0 aromatic rings. The Morgan fingerprint density at radius 1 is 0.765 bits per heavy atom. The van der Waals surface area contributed by atoms with Crippen LogP contribution in [0.15, 0.2) is 0 Å². The molecule has 0 aliphatic carbocycles. The first-order valence-corrected chi connectivity index (χ1v) is 3.60. The van der Waals surface area contributed by atoms with Crippen LogP contribution in [-0.4, -0.2) is 27.4 Å². The normalized spacial score (nSPS) is 4.59. The fourth-order valence-corrected chi connectivity index (χ4v) is 0.144. The van der Waals surface area contributed by atoms with E-state index in [1.165, 1.54) is 0 Å². The van der Waals surface area contributed by atoms with E-state index in [0.717, 1.165) is 13.0 Å². The molecule has 0 atom stereocenters. The average molecular weight is 330 g/mol. The largest absolute Gasteiger partial charge is 3.00 e. The number of rotatable bonds is 3. The fourth-order valence-electron chi connectivity index (χ4n) is 0.144. The molecule has 0 heterocycles. The first kappa shape index (κ1) is 64.1. The van der Waals surface area contributed by atoms with Crippen molar-refractivity contribution in [1.29, 1.82) is 0 Å². The summed E-state index contributed by atoms with van der Waals surface area (Å²) < 4.78 is 9.06. The van der Waals surface area contributed by atoms with Gasteiger partial charge in [-0.25, -0.2) is 0 Å². The number of hydrogen-bond acceptors (Lipinski definition) is 2. The maximum atomic E-state index is 4.63. The van der Waals surface area contributed by atoms with Crippen molar-refractivity contribution in [2.24, 2.45) is 0 Å². The van der Waals surface area contributed by atoms with E-state index in [1.807, 2.05) is 0 Å². The van der Waals surface area contributed by atoms with Crippen LogP contribution >= 0.6 is 0 Å². The van der Waals surface area contributed by atoms with Crippen LogP contribution in [0.2, 0.25) is 0 Å². The second kappa shape index (κ2) is 120. The van der Waals surface area contributed by atoms with Crippen LogP contribution in [0, 0.1) is 20.8 Å². The van der Waals surface area contributed by atoms with Gasteiger partial charge in [-0.15, -0.1) is 0 Å². The van der Waals surface area contributed by atoms with E-state index in [0.29, 0.717) is 6.61 Å². The Labute approximate surface area is 140 Å². The van der Waals surface area contributed by atoms with Crippen LogP contribution in [0.1, 0.15) is 50.5 Å². The van der Waals surface area contributed by atoms with Crippen LogP contribution in [0.3, 0.4) is 0 Å². The monoisotopic (exact) mass is 330 g/mol.